The van der Waals surface area contributed by atoms with Crippen LogP contribution < -0.4 is 14.5 Å². The normalized spacial score (nSPS) is 18.4. The summed E-state index contributed by atoms with van der Waals surface area (Å²) in [5.41, 5.74) is 2.29. The highest BCUT2D eigenvalue weighted by molar-refractivity contribution is 6.16. The Morgan fingerprint density at radius 1 is 0.921 bits per heavy atom. The van der Waals surface area contributed by atoms with E-state index < -0.39 is 0 Å². The SMILES string of the molecule is O=C1CCc2ccc(OCCCCN3CCN(c4cccc5ccccc45)CC3)nc2N1C(=O)C1CCC1. The molecular formula is C31H36N4O3. The number of nitrogens with zero attached hydrogens (tertiary/aromatic N) is 4. The van der Waals surface area contributed by atoms with Crippen molar-refractivity contribution in [1.82, 2.24) is 9.88 Å². The Balaban J connectivity index is 0.967. The minimum absolute atomic E-state index is 0.0369. The maximum absolute atomic E-state index is 12.9. The molecule has 0 spiro atoms. The van der Waals surface area contributed by atoms with E-state index in [2.05, 4.69) is 57.2 Å². The lowest BCUT2D eigenvalue weighted by atomic mass is 9.84. The number of pyridine rings is 1. The van der Waals surface area contributed by atoms with Crippen LogP contribution in [0.5, 0.6) is 5.88 Å². The van der Waals surface area contributed by atoms with Crippen LogP contribution in [0.1, 0.15) is 44.1 Å². The van der Waals surface area contributed by atoms with Gasteiger partial charge in [0.1, 0.15) is 5.82 Å². The molecule has 2 amide bonds. The van der Waals surface area contributed by atoms with Crippen molar-refractivity contribution < 1.29 is 14.3 Å². The van der Waals surface area contributed by atoms with Crippen LogP contribution in [0, 0.1) is 5.92 Å². The van der Waals surface area contributed by atoms with Crippen molar-refractivity contribution in [2.45, 2.75) is 44.9 Å². The number of piperazine rings is 1. The summed E-state index contributed by atoms with van der Waals surface area (Å²) in [5.74, 6) is 0.713. The quantitative estimate of drug-likeness (QED) is 0.318. The van der Waals surface area contributed by atoms with E-state index in [1.54, 1.807) is 0 Å². The molecule has 0 radical (unpaired) electrons. The number of rotatable bonds is 8. The highest BCUT2D eigenvalue weighted by Gasteiger charge is 2.37. The van der Waals surface area contributed by atoms with Crippen LogP contribution >= 0.6 is 0 Å². The van der Waals surface area contributed by atoms with Gasteiger partial charge >= 0.3 is 0 Å². The molecule has 7 nitrogen and oxygen atoms in total. The largest absolute Gasteiger partial charge is 0.478 e. The lowest BCUT2D eigenvalue weighted by molar-refractivity contribution is -0.130. The summed E-state index contributed by atoms with van der Waals surface area (Å²) >= 11 is 0. The van der Waals surface area contributed by atoms with Crippen LogP contribution in [0.15, 0.2) is 54.6 Å². The number of imide groups is 1. The van der Waals surface area contributed by atoms with Gasteiger partial charge in [0.15, 0.2) is 0 Å². The van der Waals surface area contributed by atoms with Crippen LogP contribution in [-0.2, 0) is 16.0 Å². The molecule has 1 saturated heterocycles. The summed E-state index contributed by atoms with van der Waals surface area (Å²) in [5, 5.41) is 2.63. The van der Waals surface area contributed by atoms with Crippen molar-refractivity contribution in [3.63, 3.8) is 0 Å². The first-order valence-electron chi connectivity index (χ1n) is 14.1. The summed E-state index contributed by atoms with van der Waals surface area (Å²) in [4.78, 5) is 36.4. The lowest BCUT2D eigenvalue weighted by Crippen LogP contribution is -2.46. The maximum atomic E-state index is 12.9. The fourth-order valence-corrected chi connectivity index (χ4v) is 5.78. The number of unbranched alkanes of at least 4 members (excludes halogenated alkanes) is 1. The highest BCUT2D eigenvalue weighted by atomic mass is 16.5. The van der Waals surface area contributed by atoms with E-state index in [0.717, 1.165) is 70.4 Å². The molecule has 3 heterocycles. The molecule has 3 aliphatic rings. The van der Waals surface area contributed by atoms with Gasteiger partial charge < -0.3 is 9.64 Å². The van der Waals surface area contributed by atoms with E-state index in [1.807, 2.05) is 12.1 Å². The van der Waals surface area contributed by atoms with Crippen molar-refractivity contribution in [3.8, 4) is 5.88 Å². The molecule has 3 aromatic rings. The number of aromatic nitrogens is 1. The zero-order chi connectivity index (χ0) is 25.9. The Labute approximate surface area is 224 Å². The number of benzene rings is 2. The monoisotopic (exact) mass is 512 g/mol. The smallest absolute Gasteiger partial charge is 0.238 e. The second kappa shape index (κ2) is 11.1. The van der Waals surface area contributed by atoms with Crippen molar-refractivity contribution in [1.29, 1.82) is 0 Å². The van der Waals surface area contributed by atoms with Crippen molar-refractivity contribution in [2.75, 3.05) is 49.1 Å². The van der Waals surface area contributed by atoms with E-state index in [4.69, 9.17) is 4.74 Å². The molecule has 0 bridgehead atoms. The maximum Gasteiger partial charge on any atom is 0.238 e. The van der Waals surface area contributed by atoms with Gasteiger partial charge in [0.05, 0.1) is 6.61 Å². The molecule has 7 heteroatoms. The van der Waals surface area contributed by atoms with Gasteiger partial charge in [-0.15, -0.1) is 0 Å². The van der Waals surface area contributed by atoms with Gasteiger partial charge in [0.2, 0.25) is 17.7 Å². The van der Waals surface area contributed by atoms with E-state index in [-0.39, 0.29) is 17.7 Å². The number of hydrogen-bond acceptors (Lipinski definition) is 6. The Kier molecular flexibility index (Phi) is 7.27. The number of aryl methyl sites for hydroxylation is 1. The van der Waals surface area contributed by atoms with Crippen LogP contribution in [0.25, 0.3) is 10.8 Å². The van der Waals surface area contributed by atoms with E-state index >= 15 is 0 Å². The minimum Gasteiger partial charge on any atom is -0.478 e. The van der Waals surface area contributed by atoms with E-state index in [0.29, 0.717) is 31.1 Å². The topological polar surface area (TPSA) is 66.0 Å². The predicted octanol–water partition coefficient (Wildman–Crippen LogP) is 4.82. The zero-order valence-corrected chi connectivity index (χ0v) is 22.0. The summed E-state index contributed by atoms with van der Waals surface area (Å²) in [6, 6.07) is 19.0. The number of carbonyl (C=O) groups is 2. The van der Waals surface area contributed by atoms with Gasteiger partial charge in [0.25, 0.3) is 0 Å². The first-order chi connectivity index (χ1) is 18.7. The summed E-state index contributed by atoms with van der Waals surface area (Å²) in [6.07, 6.45) is 5.78. The molecule has 2 aliphatic heterocycles. The van der Waals surface area contributed by atoms with Gasteiger partial charge in [-0.25, -0.2) is 4.90 Å². The molecule has 198 valence electrons. The highest BCUT2D eigenvalue weighted by Crippen LogP contribution is 2.34. The number of amides is 2. The molecule has 1 aliphatic carbocycles. The number of fused-ring (bicyclic) bond motifs is 2. The third-order valence-electron chi connectivity index (χ3n) is 8.27. The Morgan fingerprint density at radius 2 is 1.74 bits per heavy atom. The average Bonchev–Trinajstić information content (AvgIpc) is 2.92. The Morgan fingerprint density at radius 3 is 2.55 bits per heavy atom. The Bertz CT molecular complexity index is 1310. The average molecular weight is 513 g/mol. The molecule has 0 atom stereocenters. The molecule has 0 unspecified atom stereocenters. The first kappa shape index (κ1) is 24.9. The molecule has 38 heavy (non-hydrogen) atoms. The van der Waals surface area contributed by atoms with Crippen molar-refractivity contribution in [2.24, 2.45) is 5.92 Å². The number of anilines is 2. The van der Waals surface area contributed by atoms with Gasteiger partial charge in [-0.1, -0.05) is 42.8 Å². The van der Waals surface area contributed by atoms with E-state index in [9.17, 15) is 9.59 Å². The van der Waals surface area contributed by atoms with Crippen LogP contribution in [0.2, 0.25) is 0 Å². The fourth-order valence-electron chi connectivity index (χ4n) is 5.78. The molecule has 1 aromatic heterocycles. The van der Waals surface area contributed by atoms with Gasteiger partial charge in [-0.05, 0) is 61.7 Å². The minimum atomic E-state index is -0.139. The third kappa shape index (κ3) is 5.12. The van der Waals surface area contributed by atoms with Crippen LogP contribution in [0.4, 0.5) is 11.5 Å². The number of ether oxygens (including phenoxy) is 1. The fraction of sp³-hybridized carbons (Fsp3) is 0.452. The number of carbonyl (C=O) groups excluding carboxylic acids is 2. The van der Waals surface area contributed by atoms with Gasteiger partial charge in [-0.2, -0.15) is 4.98 Å². The number of hydrogen-bond donors (Lipinski definition) is 0. The van der Waals surface area contributed by atoms with Crippen molar-refractivity contribution >= 4 is 34.1 Å². The molecule has 1 saturated carbocycles. The molecular weight excluding hydrogens is 476 g/mol. The summed E-state index contributed by atoms with van der Waals surface area (Å²) in [7, 11) is 0. The van der Waals surface area contributed by atoms with Crippen LogP contribution in [-0.4, -0.2) is 61.0 Å². The Hall–Kier alpha value is -3.45. The van der Waals surface area contributed by atoms with E-state index in [1.165, 1.54) is 21.4 Å². The predicted molar refractivity (Wildman–Crippen MR) is 150 cm³/mol. The van der Waals surface area contributed by atoms with Crippen LogP contribution in [0.3, 0.4) is 0 Å². The second-order valence-electron chi connectivity index (χ2n) is 10.7. The standard InChI is InChI=1S/C31H36N4O3/c36-29-16-14-24-13-15-28(32-30(24)35(29)31(37)25-9-5-10-25)38-22-4-3-17-33-18-20-34(21-19-33)27-12-6-8-23-7-1-2-11-26(23)27/h1-2,6-8,11-13,15,25H,3-5,9-10,14,16-22H2. The lowest BCUT2D eigenvalue weighted by Gasteiger charge is -2.36. The third-order valence-corrected chi connectivity index (χ3v) is 8.27. The van der Waals surface area contributed by atoms with Gasteiger partial charge in [0, 0.05) is 55.7 Å². The molecule has 6 rings (SSSR count). The second-order valence-corrected chi connectivity index (χ2v) is 10.7. The molecule has 2 fully saturated rings. The summed E-state index contributed by atoms with van der Waals surface area (Å²) in [6.45, 7) is 5.84. The van der Waals surface area contributed by atoms with Crippen molar-refractivity contribution in [3.05, 3.63) is 60.2 Å². The van der Waals surface area contributed by atoms with Gasteiger partial charge in [-0.3, -0.25) is 14.5 Å². The molecule has 2 aromatic carbocycles. The molecule has 0 N–H and O–H groups in total. The summed E-state index contributed by atoms with van der Waals surface area (Å²) < 4.78 is 5.95. The first-order valence-corrected chi connectivity index (χ1v) is 14.1. The zero-order valence-electron chi connectivity index (χ0n) is 22.0.